The van der Waals surface area contributed by atoms with Crippen molar-refractivity contribution >= 4 is 0 Å². The van der Waals surface area contributed by atoms with Gasteiger partial charge < -0.3 is 5.32 Å². The van der Waals surface area contributed by atoms with E-state index in [1.807, 2.05) is 6.92 Å². The highest BCUT2D eigenvalue weighted by atomic mass is 19.1. The van der Waals surface area contributed by atoms with E-state index in [4.69, 9.17) is 6.42 Å². The molecule has 0 saturated heterocycles. The molecule has 0 bridgehead atoms. The highest BCUT2D eigenvalue weighted by Gasteiger charge is 2.15. The van der Waals surface area contributed by atoms with Gasteiger partial charge in [0.25, 0.3) is 0 Å². The van der Waals surface area contributed by atoms with Crippen LogP contribution in [0.4, 0.5) is 8.78 Å². The summed E-state index contributed by atoms with van der Waals surface area (Å²) in [5.74, 6) is 1.71. The Morgan fingerprint density at radius 3 is 2.82 bits per heavy atom. The SMILES string of the molecule is C#CCCC(NCCC)c1cc(F)ccc1F. The van der Waals surface area contributed by atoms with Gasteiger partial charge in [-0.3, -0.25) is 0 Å². The van der Waals surface area contributed by atoms with Crippen LogP contribution < -0.4 is 5.32 Å². The van der Waals surface area contributed by atoms with Crippen LogP contribution in [0.5, 0.6) is 0 Å². The lowest BCUT2D eigenvalue weighted by molar-refractivity contribution is 0.473. The van der Waals surface area contributed by atoms with E-state index >= 15 is 0 Å². The van der Waals surface area contributed by atoms with E-state index in [1.54, 1.807) is 0 Å². The summed E-state index contributed by atoms with van der Waals surface area (Å²) in [5.41, 5.74) is 0.355. The summed E-state index contributed by atoms with van der Waals surface area (Å²) in [7, 11) is 0. The molecule has 3 heteroatoms. The summed E-state index contributed by atoms with van der Waals surface area (Å²) in [6.07, 6.45) is 7.29. The van der Waals surface area contributed by atoms with Crippen molar-refractivity contribution in [3.05, 3.63) is 35.4 Å². The quantitative estimate of drug-likeness (QED) is 0.747. The number of hydrogen-bond acceptors (Lipinski definition) is 1. The van der Waals surface area contributed by atoms with Crippen LogP contribution in [-0.4, -0.2) is 6.54 Å². The van der Waals surface area contributed by atoms with Crippen LogP contribution in [0.15, 0.2) is 18.2 Å². The normalized spacial score (nSPS) is 12.1. The zero-order valence-corrected chi connectivity index (χ0v) is 9.97. The molecule has 92 valence electrons. The fraction of sp³-hybridized carbons (Fsp3) is 0.429. The summed E-state index contributed by atoms with van der Waals surface area (Å²) >= 11 is 0. The standard InChI is InChI=1S/C14H17F2N/c1-3-5-6-14(17-9-4-2)12-10-11(15)7-8-13(12)16/h1,7-8,10,14,17H,4-6,9H2,2H3. The fourth-order valence-corrected chi connectivity index (χ4v) is 1.70. The van der Waals surface area contributed by atoms with Gasteiger partial charge in [0.1, 0.15) is 11.6 Å². The minimum atomic E-state index is -0.426. The van der Waals surface area contributed by atoms with Crippen molar-refractivity contribution in [1.82, 2.24) is 5.32 Å². The van der Waals surface area contributed by atoms with Gasteiger partial charge in [0.2, 0.25) is 0 Å². The van der Waals surface area contributed by atoms with Crippen LogP contribution in [-0.2, 0) is 0 Å². The van der Waals surface area contributed by atoms with Crippen LogP contribution in [0.25, 0.3) is 0 Å². The average molecular weight is 237 g/mol. The molecule has 1 unspecified atom stereocenters. The van der Waals surface area contributed by atoms with E-state index in [-0.39, 0.29) is 6.04 Å². The monoisotopic (exact) mass is 237 g/mol. The smallest absolute Gasteiger partial charge is 0.128 e. The van der Waals surface area contributed by atoms with Gasteiger partial charge in [0.15, 0.2) is 0 Å². The predicted octanol–water partition coefficient (Wildman–Crippen LogP) is 3.42. The molecule has 1 aromatic rings. The first kappa shape index (κ1) is 13.7. The highest BCUT2D eigenvalue weighted by Crippen LogP contribution is 2.22. The van der Waals surface area contributed by atoms with Gasteiger partial charge in [-0.15, -0.1) is 12.3 Å². The van der Waals surface area contributed by atoms with Crippen molar-refractivity contribution in [2.24, 2.45) is 0 Å². The molecule has 0 aliphatic carbocycles. The third-order valence-electron chi connectivity index (χ3n) is 2.55. The lowest BCUT2D eigenvalue weighted by Gasteiger charge is -2.18. The largest absolute Gasteiger partial charge is 0.310 e. The maximum Gasteiger partial charge on any atom is 0.128 e. The lowest BCUT2D eigenvalue weighted by Crippen LogP contribution is -2.23. The summed E-state index contributed by atoms with van der Waals surface area (Å²) in [5, 5.41) is 3.19. The highest BCUT2D eigenvalue weighted by molar-refractivity contribution is 5.22. The first-order valence-corrected chi connectivity index (χ1v) is 5.80. The molecule has 1 nitrogen and oxygen atoms in total. The summed E-state index contributed by atoms with van der Waals surface area (Å²) in [4.78, 5) is 0. The Balaban J connectivity index is 2.86. The molecule has 0 aliphatic rings. The number of terminal acetylenes is 1. The Morgan fingerprint density at radius 1 is 1.41 bits per heavy atom. The van der Waals surface area contributed by atoms with Crippen LogP contribution in [0.3, 0.4) is 0 Å². The second-order valence-corrected chi connectivity index (χ2v) is 3.92. The third-order valence-corrected chi connectivity index (χ3v) is 2.55. The lowest BCUT2D eigenvalue weighted by atomic mass is 10.0. The minimum absolute atomic E-state index is 0.221. The molecular formula is C14H17F2N. The van der Waals surface area contributed by atoms with E-state index in [0.717, 1.165) is 25.1 Å². The Morgan fingerprint density at radius 2 is 2.18 bits per heavy atom. The van der Waals surface area contributed by atoms with Crippen molar-refractivity contribution in [1.29, 1.82) is 0 Å². The van der Waals surface area contributed by atoms with Crippen LogP contribution in [0, 0.1) is 24.0 Å². The van der Waals surface area contributed by atoms with Gasteiger partial charge >= 0.3 is 0 Å². The summed E-state index contributed by atoms with van der Waals surface area (Å²) < 4.78 is 26.7. The van der Waals surface area contributed by atoms with Gasteiger partial charge in [0.05, 0.1) is 0 Å². The van der Waals surface area contributed by atoms with E-state index in [1.165, 1.54) is 6.07 Å². The minimum Gasteiger partial charge on any atom is -0.310 e. The van der Waals surface area contributed by atoms with Crippen molar-refractivity contribution in [3.8, 4) is 12.3 Å². The Labute approximate surface area is 101 Å². The first-order chi connectivity index (χ1) is 8.19. The van der Waals surface area contributed by atoms with Crippen LogP contribution in [0.2, 0.25) is 0 Å². The van der Waals surface area contributed by atoms with Crippen LogP contribution in [0.1, 0.15) is 37.8 Å². The molecule has 0 heterocycles. The van der Waals surface area contributed by atoms with E-state index in [9.17, 15) is 8.78 Å². The molecule has 1 atom stereocenters. The average Bonchev–Trinajstić information content (AvgIpc) is 2.33. The van der Waals surface area contributed by atoms with Crippen molar-refractivity contribution in [2.45, 2.75) is 32.2 Å². The molecule has 0 spiro atoms. The second kappa shape index (κ2) is 7.03. The molecular weight excluding hydrogens is 220 g/mol. The molecule has 1 rings (SSSR count). The molecule has 1 N–H and O–H groups in total. The van der Waals surface area contributed by atoms with Gasteiger partial charge in [-0.2, -0.15) is 0 Å². The molecule has 0 fully saturated rings. The zero-order valence-electron chi connectivity index (χ0n) is 9.97. The summed E-state index contributed by atoms with van der Waals surface area (Å²) in [6.45, 7) is 2.78. The van der Waals surface area contributed by atoms with E-state index < -0.39 is 11.6 Å². The predicted molar refractivity (Wildman–Crippen MR) is 65.5 cm³/mol. The topological polar surface area (TPSA) is 12.0 Å². The second-order valence-electron chi connectivity index (χ2n) is 3.92. The number of benzene rings is 1. The number of nitrogens with one attached hydrogen (secondary N) is 1. The molecule has 0 radical (unpaired) electrons. The molecule has 0 saturated carbocycles. The van der Waals surface area contributed by atoms with Crippen molar-refractivity contribution in [3.63, 3.8) is 0 Å². The van der Waals surface area contributed by atoms with E-state index in [0.29, 0.717) is 18.4 Å². The zero-order chi connectivity index (χ0) is 12.7. The number of hydrogen-bond donors (Lipinski definition) is 1. The molecule has 0 aromatic heterocycles. The van der Waals surface area contributed by atoms with Crippen molar-refractivity contribution < 1.29 is 8.78 Å². The Kier molecular flexibility index (Phi) is 5.65. The first-order valence-electron chi connectivity index (χ1n) is 5.80. The van der Waals surface area contributed by atoms with Gasteiger partial charge in [-0.05, 0) is 37.6 Å². The van der Waals surface area contributed by atoms with Crippen molar-refractivity contribution in [2.75, 3.05) is 6.54 Å². The maximum absolute atomic E-state index is 13.6. The Bertz CT molecular complexity index is 396. The van der Waals surface area contributed by atoms with Gasteiger partial charge in [-0.1, -0.05) is 6.92 Å². The van der Waals surface area contributed by atoms with Crippen LogP contribution >= 0.6 is 0 Å². The third kappa shape index (κ3) is 4.16. The summed E-state index contributed by atoms with van der Waals surface area (Å²) in [6, 6.07) is 3.29. The molecule has 17 heavy (non-hydrogen) atoms. The van der Waals surface area contributed by atoms with Gasteiger partial charge in [0, 0.05) is 18.0 Å². The fourth-order valence-electron chi connectivity index (χ4n) is 1.70. The van der Waals surface area contributed by atoms with E-state index in [2.05, 4.69) is 11.2 Å². The maximum atomic E-state index is 13.6. The molecule has 0 aliphatic heterocycles. The van der Waals surface area contributed by atoms with Gasteiger partial charge in [-0.25, -0.2) is 8.78 Å². The molecule has 1 aromatic carbocycles. The number of rotatable bonds is 6. The Hall–Kier alpha value is -1.40. The molecule has 0 amide bonds. The number of halogens is 2.